The van der Waals surface area contributed by atoms with Crippen molar-refractivity contribution in [1.82, 2.24) is 9.97 Å². The van der Waals surface area contributed by atoms with Crippen molar-refractivity contribution < 1.29 is 4.79 Å². The van der Waals surface area contributed by atoms with E-state index in [-0.39, 0.29) is 11.3 Å². The quantitative estimate of drug-likeness (QED) is 0.681. The maximum absolute atomic E-state index is 12.5. The van der Waals surface area contributed by atoms with Crippen molar-refractivity contribution in [3.8, 4) is 0 Å². The average molecular weight is 360 g/mol. The van der Waals surface area contributed by atoms with Gasteiger partial charge in [0, 0.05) is 17.6 Å². The number of aromatic nitrogens is 2. The second-order valence-electron chi connectivity index (χ2n) is 7.54. The van der Waals surface area contributed by atoms with E-state index in [2.05, 4.69) is 41.4 Å². The second-order valence-corrected chi connectivity index (χ2v) is 7.54. The highest BCUT2D eigenvalue weighted by molar-refractivity contribution is 6.03. The van der Waals surface area contributed by atoms with Crippen LogP contribution in [0.15, 0.2) is 60.8 Å². The van der Waals surface area contributed by atoms with Crippen molar-refractivity contribution in [3.05, 3.63) is 77.6 Å². The Kier molecular flexibility index (Phi) is 5.21. The number of hydrogen-bond acceptors (Lipinski definition) is 4. The Morgan fingerprint density at radius 2 is 1.52 bits per heavy atom. The zero-order valence-electron chi connectivity index (χ0n) is 16.1. The van der Waals surface area contributed by atoms with Crippen molar-refractivity contribution >= 4 is 23.2 Å². The molecule has 0 saturated carbocycles. The van der Waals surface area contributed by atoms with E-state index < -0.39 is 0 Å². The average Bonchev–Trinajstić information content (AvgIpc) is 2.63. The molecule has 0 fully saturated rings. The Hall–Kier alpha value is -3.21. The van der Waals surface area contributed by atoms with E-state index in [1.165, 1.54) is 11.1 Å². The molecule has 0 aliphatic carbocycles. The highest BCUT2D eigenvalue weighted by Crippen LogP contribution is 2.23. The molecule has 3 rings (SSSR count). The van der Waals surface area contributed by atoms with Gasteiger partial charge in [-0.3, -0.25) is 4.79 Å². The Bertz CT molecular complexity index is 926. The lowest BCUT2D eigenvalue weighted by Gasteiger charge is -2.19. The van der Waals surface area contributed by atoms with Crippen LogP contribution in [0.25, 0.3) is 0 Å². The fourth-order valence-electron chi connectivity index (χ4n) is 2.56. The molecule has 0 spiro atoms. The zero-order chi connectivity index (χ0) is 19.4. The number of carbonyl (C=O) groups is 1. The van der Waals surface area contributed by atoms with Crippen LogP contribution in [0.2, 0.25) is 0 Å². The SMILES string of the molecule is Cc1ccc(Nc2nccc(C(=O)Nc3ccc(C(C)(C)C)cc3)n2)cc1. The summed E-state index contributed by atoms with van der Waals surface area (Å²) in [5, 5.41) is 5.99. The molecular weight excluding hydrogens is 336 g/mol. The Labute approximate surface area is 159 Å². The van der Waals surface area contributed by atoms with E-state index >= 15 is 0 Å². The Morgan fingerprint density at radius 3 is 2.15 bits per heavy atom. The minimum absolute atomic E-state index is 0.0751. The fourth-order valence-corrected chi connectivity index (χ4v) is 2.56. The maximum atomic E-state index is 12.5. The summed E-state index contributed by atoms with van der Waals surface area (Å²) in [5.41, 5.74) is 4.38. The molecule has 3 aromatic rings. The van der Waals surface area contributed by atoms with E-state index in [9.17, 15) is 4.79 Å². The molecule has 1 heterocycles. The first-order valence-corrected chi connectivity index (χ1v) is 8.90. The molecule has 5 heteroatoms. The molecule has 1 aromatic heterocycles. The van der Waals surface area contributed by atoms with Crippen LogP contribution in [0.3, 0.4) is 0 Å². The molecule has 0 unspecified atom stereocenters. The third kappa shape index (κ3) is 4.91. The summed E-state index contributed by atoms with van der Waals surface area (Å²) in [6.07, 6.45) is 1.57. The van der Waals surface area contributed by atoms with Gasteiger partial charge in [-0.25, -0.2) is 9.97 Å². The van der Waals surface area contributed by atoms with Crippen LogP contribution >= 0.6 is 0 Å². The number of amides is 1. The predicted octanol–water partition coefficient (Wildman–Crippen LogP) is 5.08. The molecule has 1 amide bonds. The summed E-state index contributed by atoms with van der Waals surface area (Å²) in [7, 11) is 0. The molecular formula is C22H24N4O. The molecule has 5 nitrogen and oxygen atoms in total. The van der Waals surface area contributed by atoms with Gasteiger partial charge in [0.05, 0.1) is 0 Å². The lowest BCUT2D eigenvalue weighted by Crippen LogP contribution is -2.15. The number of anilines is 3. The highest BCUT2D eigenvalue weighted by atomic mass is 16.1. The van der Waals surface area contributed by atoms with Crippen LogP contribution in [0.4, 0.5) is 17.3 Å². The van der Waals surface area contributed by atoms with Gasteiger partial charge < -0.3 is 10.6 Å². The van der Waals surface area contributed by atoms with Crippen molar-refractivity contribution in [2.75, 3.05) is 10.6 Å². The first-order chi connectivity index (χ1) is 12.8. The molecule has 27 heavy (non-hydrogen) atoms. The maximum Gasteiger partial charge on any atom is 0.274 e. The molecule has 2 N–H and O–H groups in total. The van der Waals surface area contributed by atoms with Gasteiger partial charge in [0.25, 0.3) is 5.91 Å². The van der Waals surface area contributed by atoms with E-state index in [0.717, 1.165) is 11.4 Å². The number of hydrogen-bond donors (Lipinski definition) is 2. The number of rotatable bonds is 4. The first-order valence-electron chi connectivity index (χ1n) is 8.90. The van der Waals surface area contributed by atoms with Gasteiger partial charge in [0.15, 0.2) is 0 Å². The van der Waals surface area contributed by atoms with E-state index in [0.29, 0.717) is 11.6 Å². The van der Waals surface area contributed by atoms with Gasteiger partial charge in [-0.2, -0.15) is 0 Å². The monoisotopic (exact) mass is 360 g/mol. The standard InChI is InChI=1S/C22H24N4O/c1-15-5-9-18(10-6-15)25-21-23-14-13-19(26-21)20(27)24-17-11-7-16(8-12-17)22(2,3)4/h5-14H,1-4H3,(H,24,27)(H,23,25,26). The second kappa shape index (κ2) is 7.58. The van der Waals surface area contributed by atoms with Crippen molar-refractivity contribution in [3.63, 3.8) is 0 Å². The molecule has 0 atom stereocenters. The van der Waals surface area contributed by atoms with Gasteiger partial charge in [-0.15, -0.1) is 0 Å². The summed E-state index contributed by atoms with van der Waals surface area (Å²) >= 11 is 0. The largest absolute Gasteiger partial charge is 0.324 e. The lowest BCUT2D eigenvalue weighted by atomic mass is 9.87. The van der Waals surface area contributed by atoms with Crippen molar-refractivity contribution in [2.45, 2.75) is 33.1 Å². The molecule has 0 saturated heterocycles. The molecule has 138 valence electrons. The molecule has 0 radical (unpaired) electrons. The summed E-state index contributed by atoms with van der Waals surface area (Å²) in [5.74, 6) is 0.113. The van der Waals surface area contributed by atoms with Gasteiger partial charge in [-0.05, 0) is 48.2 Å². The number of benzene rings is 2. The highest BCUT2D eigenvalue weighted by Gasteiger charge is 2.14. The lowest BCUT2D eigenvalue weighted by molar-refractivity contribution is 0.102. The Balaban J connectivity index is 1.70. The zero-order valence-corrected chi connectivity index (χ0v) is 16.1. The van der Waals surface area contributed by atoms with Crippen molar-refractivity contribution in [2.24, 2.45) is 0 Å². The third-order valence-electron chi connectivity index (χ3n) is 4.20. The minimum Gasteiger partial charge on any atom is -0.324 e. The number of nitrogens with zero attached hydrogens (tertiary/aromatic N) is 2. The fraction of sp³-hybridized carbons (Fsp3) is 0.227. The smallest absolute Gasteiger partial charge is 0.274 e. The topological polar surface area (TPSA) is 66.9 Å². The van der Waals surface area contributed by atoms with E-state index in [1.807, 2.05) is 55.5 Å². The van der Waals surface area contributed by atoms with Crippen LogP contribution in [-0.4, -0.2) is 15.9 Å². The first kappa shape index (κ1) is 18.6. The number of nitrogens with one attached hydrogen (secondary N) is 2. The molecule has 0 bridgehead atoms. The van der Waals surface area contributed by atoms with Crippen molar-refractivity contribution in [1.29, 1.82) is 0 Å². The number of carbonyl (C=O) groups excluding carboxylic acids is 1. The van der Waals surface area contributed by atoms with E-state index in [1.54, 1.807) is 12.3 Å². The summed E-state index contributed by atoms with van der Waals surface area (Å²) in [4.78, 5) is 21.0. The van der Waals surface area contributed by atoms with Gasteiger partial charge in [-0.1, -0.05) is 50.6 Å². The summed E-state index contributed by atoms with van der Waals surface area (Å²) < 4.78 is 0. The van der Waals surface area contributed by atoms with Gasteiger partial charge >= 0.3 is 0 Å². The van der Waals surface area contributed by atoms with E-state index in [4.69, 9.17) is 0 Å². The summed E-state index contributed by atoms with van der Waals surface area (Å²) in [6.45, 7) is 8.50. The van der Waals surface area contributed by atoms with Gasteiger partial charge in [0.1, 0.15) is 5.69 Å². The Morgan fingerprint density at radius 1 is 0.889 bits per heavy atom. The van der Waals surface area contributed by atoms with Crippen LogP contribution in [0.1, 0.15) is 42.4 Å². The van der Waals surface area contributed by atoms with Gasteiger partial charge in [0.2, 0.25) is 5.95 Å². The summed E-state index contributed by atoms with van der Waals surface area (Å²) in [6, 6.07) is 17.4. The number of aryl methyl sites for hydroxylation is 1. The van der Waals surface area contributed by atoms with Crippen LogP contribution in [0, 0.1) is 6.92 Å². The van der Waals surface area contributed by atoms with Crippen LogP contribution in [-0.2, 0) is 5.41 Å². The molecule has 2 aromatic carbocycles. The normalized spacial score (nSPS) is 11.1. The molecule has 0 aliphatic heterocycles. The molecule has 0 aliphatic rings. The van der Waals surface area contributed by atoms with Crippen LogP contribution < -0.4 is 10.6 Å². The minimum atomic E-state index is -0.270. The third-order valence-corrected chi connectivity index (χ3v) is 4.20. The predicted molar refractivity (Wildman–Crippen MR) is 110 cm³/mol. The van der Waals surface area contributed by atoms with Crippen LogP contribution in [0.5, 0.6) is 0 Å².